The molecular formula is C9H15N5O3. The van der Waals surface area contributed by atoms with E-state index in [9.17, 15) is 9.59 Å². The highest BCUT2D eigenvalue weighted by Gasteiger charge is 2.06. The first-order chi connectivity index (χ1) is 8.11. The molecule has 1 rings (SSSR count). The topological polar surface area (TPSA) is 112 Å². The zero-order valence-electron chi connectivity index (χ0n) is 9.55. The van der Waals surface area contributed by atoms with E-state index in [-0.39, 0.29) is 37.3 Å². The molecule has 0 aliphatic heterocycles. The highest BCUT2D eigenvalue weighted by Crippen LogP contribution is 1.89. The Kier molecular flexibility index (Phi) is 4.92. The molecule has 1 amide bonds. The Morgan fingerprint density at radius 1 is 1.59 bits per heavy atom. The number of esters is 1. The third kappa shape index (κ3) is 4.96. The van der Waals surface area contributed by atoms with Gasteiger partial charge in [0.05, 0.1) is 13.0 Å². The Labute approximate surface area is 98.1 Å². The number of hydrogen-bond acceptors (Lipinski definition) is 6. The predicted octanol–water partition coefficient (Wildman–Crippen LogP) is -1.07. The summed E-state index contributed by atoms with van der Waals surface area (Å²) in [5.41, 5.74) is 5.29. The zero-order valence-corrected chi connectivity index (χ0v) is 9.55. The van der Waals surface area contributed by atoms with E-state index in [4.69, 9.17) is 10.5 Å². The maximum Gasteiger partial charge on any atom is 0.307 e. The van der Waals surface area contributed by atoms with Gasteiger partial charge in [0.1, 0.15) is 12.9 Å². The summed E-state index contributed by atoms with van der Waals surface area (Å²) < 4.78 is 6.03. The molecule has 0 spiro atoms. The minimum absolute atomic E-state index is 0.0209. The van der Waals surface area contributed by atoms with Crippen LogP contribution in [0.25, 0.3) is 0 Å². The molecule has 0 atom stereocenters. The van der Waals surface area contributed by atoms with E-state index in [1.165, 1.54) is 11.0 Å². The Balaban J connectivity index is 2.19. The first kappa shape index (κ1) is 12.9. The Morgan fingerprint density at radius 2 is 2.35 bits per heavy atom. The van der Waals surface area contributed by atoms with Gasteiger partial charge in [-0.25, -0.2) is 9.67 Å². The van der Waals surface area contributed by atoms with E-state index in [2.05, 4.69) is 15.4 Å². The monoisotopic (exact) mass is 241 g/mol. The van der Waals surface area contributed by atoms with Crippen LogP contribution in [-0.4, -0.2) is 39.8 Å². The zero-order chi connectivity index (χ0) is 12.7. The average molecular weight is 241 g/mol. The van der Waals surface area contributed by atoms with Crippen LogP contribution in [-0.2, 0) is 20.9 Å². The number of nitrogens with two attached hydrogens (primary N) is 1. The van der Waals surface area contributed by atoms with Crippen molar-refractivity contribution in [1.82, 2.24) is 20.1 Å². The van der Waals surface area contributed by atoms with Crippen molar-refractivity contribution in [2.75, 3.05) is 18.9 Å². The van der Waals surface area contributed by atoms with Crippen LogP contribution in [0.5, 0.6) is 0 Å². The molecule has 0 aliphatic rings. The van der Waals surface area contributed by atoms with Crippen LogP contribution in [0.3, 0.4) is 0 Å². The van der Waals surface area contributed by atoms with Crippen LogP contribution in [0.1, 0.15) is 13.3 Å². The molecule has 1 aromatic rings. The van der Waals surface area contributed by atoms with Gasteiger partial charge in [0.2, 0.25) is 11.9 Å². The van der Waals surface area contributed by atoms with Gasteiger partial charge < -0.3 is 15.8 Å². The van der Waals surface area contributed by atoms with E-state index in [1.54, 1.807) is 6.92 Å². The fourth-order valence-electron chi connectivity index (χ4n) is 1.13. The Hall–Kier alpha value is -2.12. The fraction of sp³-hybridized carbons (Fsp3) is 0.556. The van der Waals surface area contributed by atoms with Crippen molar-refractivity contribution in [1.29, 1.82) is 0 Å². The van der Waals surface area contributed by atoms with Crippen LogP contribution in [0, 0.1) is 0 Å². The quantitative estimate of drug-likeness (QED) is 0.613. The van der Waals surface area contributed by atoms with E-state index < -0.39 is 0 Å². The minimum Gasteiger partial charge on any atom is -0.466 e. The van der Waals surface area contributed by atoms with Crippen molar-refractivity contribution in [2.24, 2.45) is 0 Å². The van der Waals surface area contributed by atoms with E-state index in [0.717, 1.165) is 0 Å². The Morgan fingerprint density at radius 3 is 2.94 bits per heavy atom. The summed E-state index contributed by atoms with van der Waals surface area (Å²) in [4.78, 5) is 26.0. The van der Waals surface area contributed by atoms with Gasteiger partial charge in [0.15, 0.2) is 0 Å². The second-order valence-corrected chi connectivity index (χ2v) is 3.21. The van der Waals surface area contributed by atoms with Gasteiger partial charge in [-0.05, 0) is 6.92 Å². The van der Waals surface area contributed by atoms with Gasteiger partial charge in [-0.15, -0.1) is 5.10 Å². The number of nitrogens with zero attached hydrogens (tertiary/aromatic N) is 3. The van der Waals surface area contributed by atoms with E-state index in [0.29, 0.717) is 6.61 Å². The molecule has 17 heavy (non-hydrogen) atoms. The number of hydrogen-bond donors (Lipinski definition) is 2. The lowest BCUT2D eigenvalue weighted by Gasteiger charge is -2.04. The fourth-order valence-corrected chi connectivity index (χ4v) is 1.13. The SMILES string of the molecule is CCOC(=O)CCNC(=O)Cn1cnc(N)n1. The van der Waals surface area contributed by atoms with Gasteiger partial charge >= 0.3 is 5.97 Å². The lowest BCUT2D eigenvalue weighted by molar-refractivity contribution is -0.143. The molecule has 0 saturated carbocycles. The molecule has 1 heterocycles. The third-order valence-electron chi connectivity index (χ3n) is 1.82. The van der Waals surface area contributed by atoms with Crippen LogP contribution in [0.15, 0.2) is 6.33 Å². The predicted molar refractivity (Wildman–Crippen MR) is 58.7 cm³/mol. The second-order valence-electron chi connectivity index (χ2n) is 3.21. The van der Waals surface area contributed by atoms with Crippen molar-refractivity contribution in [2.45, 2.75) is 19.9 Å². The van der Waals surface area contributed by atoms with Crippen molar-refractivity contribution >= 4 is 17.8 Å². The van der Waals surface area contributed by atoms with Gasteiger partial charge in [0, 0.05) is 6.54 Å². The van der Waals surface area contributed by atoms with Gasteiger partial charge in [-0.3, -0.25) is 9.59 Å². The number of amides is 1. The first-order valence-electron chi connectivity index (χ1n) is 5.19. The molecule has 0 aliphatic carbocycles. The van der Waals surface area contributed by atoms with Crippen molar-refractivity contribution in [3.8, 4) is 0 Å². The number of ether oxygens (including phenoxy) is 1. The van der Waals surface area contributed by atoms with Crippen LogP contribution in [0.2, 0.25) is 0 Å². The number of anilines is 1. The normalized spacial score (nSPS) is 9.94. The van der Waals surface area contributed by atoms with Gasteiger partial charge in [-0.1, -0.05) is 0 Å². The maximum absolute atomic E-state index is 11.4. The highest BCUT2D eigenvalue weighted by atomic mass is 16.5. The molecule has 0 aromatic carbocycles. The minimum atomic E-state index is -0.335. The van der Waals surface area contributed by atoms with E-state index >= 15 is 0 Å². The molecule has 8 nitrogen and oxygen atoms in total. The molecule has 8 heteroatoms. The summed E-state index contributed by atoms with van der Waals surface area (Å²) in [5, 5.41) is 6.31. The molecule has 3 N–H and O–H groups in total. The maximum atomic E-state index is 11.4. The molecule has 0 saturated heterocycles. The van der Waals surface area contributed by atoms with Gasteiger partial charge in [0.25, 0.3) is 0 Å². The first-order valence-corrected chi connectivity index (χ1v) is 5.19. The molecule has 94 valence electrons. The number of nitrogens with one attached hydrogen (secondary N) is 1. The van der Waals surface area contributed by atoms with Crippen LogP contribution < -0.4 is 11.1 Å². The summed E-state index contributed by atoms with van der Waals surface area (Å²) in [7, 11) is 0. The molecular weight excluding hydrogens is 226 g/mol. The van der Waals surface area contributed by atoms with Crippen molar-refractivity contribution < 1.29 is 14.3 Å². The lowest BCUT2D eigenvalue weighted by Crippen LogP contribution is -2.30. The summed E-state index contributed by atoms with van der Waals surface area (Å²) in [6.45, 7) is 2.32. The molecule has 0 bridgehead atoms. The standard InChI is InChI=1S/C9H15N5O3/c1-2-17-8(16)3-4-11-7(15)5-14-6-12-9(10)13-14/h6H,2-5H2,1H3,(H2,10,13)(H,11,15). The third-order valence-corrected chi connectivity index (χ3v) is 1.82. The summed E-state index contributed by atoms with van der Waals surface area (Å²) in [6.07, 6.45) is 1.51. The van der Waals surface area contributed by atoms with Crippen molar-refractivity contribution in [3.05, 3.63) is 6.33 Å². The molecule has 0 fully saturated rings. The number of carbonyl (C=O) groups excluding carboxylic acids is 2. The summed E-state index contributed by atoms with van der Waals surface area (Å²) in [6, 6.07) is 0. The number of carbonyl (C=O) groups is 2. The Bertz CT molecular complexity index is 390. The van der Waals surface area contributed by atoms with Crippen LogP contribution in [0.4, 0.5) is 5.95 Å². The van der Waals surface area contributed by atoms with Crippen LogP contribution >= 0.6 is 0 Å². The lowest BCUT2D eigenvalue weighted by atomic mass is 10.4. The second kappa shape index (κ2) is 6.46. The smallest absolute Gasteiger partial charge is 0.307 e. The summed E-state index contributed by atoms with van der Waals surface area (Å²) >= 11 is 0. The average Bonchev–Trinajstić information content (AvgIpc) is 2.64. The largest absolute Gasteiger partial charge is 0.466 e. The highest BCUT2D eigenvalue weighted by molar-refractivity contribution is 5.76. The van der Waals surface area contributed by atoms with Gasteiger partial charge in [-0.2, -0.15) is 0 Å². The number of nitrogen functional groups attached to an aromatic ring is 1. The van der Waals surface area contributed by atoms with E-state index in [1.807, 2.05) is 0 Å². The number of rotatable bonds is 6. The molecule has 0 unspecified atom stereocenters. The molecule has 1 aromatic heterocycles. The molecule has 0 radical (unpaired) electrons. The summed E-state index contributed by atoms with van der Waals surface area (Å²) in [5.74, 6) is -0.485. The number of aromatic nitrogens is 3. The van der Waals surface area contributed by atoms with Crippen molar-refractivity contribution in [3.63, 3.8) is 0 Å².